The van der Waals surface area contributed by atoms with Crippen molar-refractivity contribution in [1.29, 1.82) is 0 Å². The van der Waals surface area contributed by atoms with Gasteiger partial charge in [-0.25, -0.2) is 9.79 Å². The number of nitrogen functional groups attached to an aromatic ring is 1. The van der Waals surface area contributed by atoms with E-state index < -0.39 is 17.6 Å². The van der Waals surface area contributed by atoms with Crippen molar-refractivity contribution in [2.45, 2.75) is 67.0 Å². The Labute approximate surface area is 229 Å². The summed E-state index contributed by atoms with van der Waals surface area (Å²) in [5.74, 6) is 0.652. The van der Waals surface area contributed by atoms with E-state index in [0.29, 0.717) is 22.9 Å². The summed E-state index contributed by atoms with van der Waals surface area (Å²) in [6, 6.07) is 3.57. The summed E-state index contributed by atoms with van der Waals surface area (Å²) in [5.41, 5.74) is 7.65. The topological polar surface area (TPSA) is 141 Å². The number of nitrogens with one attached hydrogen (secondary N) is 2. The van der Waals surface area contributed by atoms with E-state index >= 15 is 0 Å². The highest BCUT2D eigenvalue weighted by atomic mass is 35.5. The van der Waals surface area contributed by atoms with Gasteiger partial charge in [0.05, 0.1) is 36.3 Å². The zero-order valence-corrected chi connectivity index (χ0v) is 24.0. The van der Waals surface area contributed by atoms with Crippen LogP contribution in [0.5, 0.6) is 0 Å². The zero-order chi connectivity index (χ0) is 28.9. The first kappa shape index (κ1) is 32.2. The number of guanidine groups is 1. The monoisotopic (exact) mass is 547 g/mol. The number of nitrogens with zero attached hydrogens (tertiary/aromatic N) is 2. The molecule has 2 rings (SSSR count). The molecule has 11 heteroatoms. The van der Waals surface area contributed by atoms with Crippen LogP contribution in [0.25, 0.3) is 0 Å². The number of hydrogen-bond acceptors (Lipinski definition) is 8. The van der Waals surface area contributed by atoms with E-state index in [1.165, 1.54) is 6.20 Å². The smallest absolute Gasteiger partial charge is 0.414 e. The number of aromatic nitrogens is 1. The summed E-state index contributed by atoms with van der Waals surface area (Å²) >= 11 is 6.19. The molecule has 10 nitrogen and oxygen atoms in total. The highest BCUT2D eigenvalue weighted by molar-refractivity contribution is 6.33. The number of aryl methyl sites for hydroxylation is 2. The SMILES string of the molecule is C/C=C\C=C(/C)OC.CCc1cc(CN=C(NC(=O)OC(C)(C)C)NC(=O)c2cnoc2C)cc(Cl)c1N. The summed E-state index contributed by atoms with van der Waals surface area (Å²) in [6.45, 7) is 12.8. The fourth-order valence-electron chi connectivity index (χ4n) is 2.79. The normalized spacial score (nSPS) is 12.0. The largest absolute Gasteiger partial charge is 0.501 e. The van der Waals surface area contributed by atoms with E-state index in [0.717, 1.165) is 16.9 Å². The van der Waals surface area contributed by atoms with Gasteiger partial charge in [-0.2, -0.15) is 0 Å². The molecule has 38 heavy (non-hydrogen) atoms. The Kier molecular flexibility index (Phi) is 13.1. The number of amides is 2. The number of hydrogen-bond donors (Lipinski definition) is 3. The first-order valence-electron chi connectivity index (χ1n) is 12.0. The van der Waals surface area contributed by atoms with Gasteiger partial charge in [-0.1, -0.05) is 41.9 Å². The summed E-state index contributed by atoms with van der Waals surface area (Å²) < 4.78 is 15.0. The van der Waals surface area contributed by atoms with Crippen molar-refractivity contribution in [1.82, 2.24) is 15.8 Å². The van der Waals surface area contributed by atoms with Crippen molar-refractivity contribution >= 4 is 35.2 Å². The maximum absolute atomic E-state index is 12.5. The van der Waals surface area contributed by atoms with Crippen molar-refractivity contribution in [2.75, 3.05) is 12.8 Å². The Balaban J connectivity index is 0.000000781. The van der Waals surface area contributed by atoms with Gasteiger partial charge < -0.3 is 19.7 Å². The minimum atomic E-state index is -0.756. The van der Waals surface area contributed by atoms with Crippen LogP contribution < -0.4 is 16.4 Å². The zero-order valence-electron chi connectivity index (χ0n) is 23.3. The number of benzene rings is 1. The number of allylic oxidation sites excluding steroid dienone is 4. The van der Waals surface area contributed by atoms with Gasteiger partial charge in [-0.05, 0) is 71.2 Å². The first-order chi connectivity index (χ1) is 17.8. The molecule has 0 aliphatic heterocycles. The van der Waals surface area contributed by atoms with Gasteiger partial charge in [0, 0.05) is 0 Å². The Morgan fingerprint density at radius 2 is 1.95 bits per heavy atom. The standard InChI is InChI=1S/C20H26ClN5O4.C7H12O/c1-6-13-7-12(8-15(21)16(13)22)9-23-18(26-19(28)29-20(3,4)5)25-17(27)14-10-24-30-11(14)2;1-4-5-6-7(2)8-3/h7-8,10H,6,9,22H2,1-5H3,(H2,23,25,26,27,28);4-6H,1-3H3/b;5-4-,7-6+. The third kappa shape index (κ3) is 11.5. The Morgan fingerprint density at radius 3 is 2.47 bits per heavy atom. The molecule has 0 saturated carbocycles. The lowest BCUT2D eigenvalue weighted by Crippen LogP contribution is -2.45. The maximum Gasteiger partial charge on any atom is 0.414 e. The second-order valence-electron chi connectivity index (χ2n) is 9.05. The minimum absolute atomic E-state index is 0.0826. The molecule has 0 fully saturated rings. The molecule has 2 aromatic rings. The average molecular weight is 548 g/mol. The Bertz CT molecular complexity index is 1180. The van der Waals surface area contributed by atoms with E-state index in [-0.39, 0.29) is 18.1 Å². The van der Waals surface area contributed by atoms with E-state index in [4.69, 9.17) is 31.3 Å². The molecule has 1 aromatic heterocycles. The fraction of sp³-hybridized carbons (Fsp3) is 0.407. The number of aliphatic imine (C=N–C) groups is 1. The predicted octanol–water partition coefficient (Wildman–Crippen LogP) is 5.70. The lowest BCUT2D eigenvalue weighted by molar-refractivity contribution is 0.0561. The molecular formula is C27H38ClN5O5. The number of carbonyl (C=O) groups excluding carboxylic acids is 2. The van der Waals surface area contributed by atoms with Gasteiger partial charge in [-0.3, -0.25) is 15.4 Å². The lowest BCUT2D eigenvalue weighted by atomic mass is 10.1. The van der Waals surface area contributed by atoms with Crippen LogP contribution in [0.3, 0.4) is 0 Å². The third-order valence-electron chi connectivity index (χ3n) is 4.77. The number of alkyl carbamates (subject to hydrolysis) is 1. The molecule has 4 N–H and O–H groups in total. The van der Waals surface area contributed by atoms with E-state index in [1.54, 1.807) is 40.9 Å². The predicted molar refractivity (Wildman–Crippen MR) is 150 cm³/mol. The van der Waals surface area contributed by atoms with Gasteiger partial charge in [0.2, 0.25) is 5.96 Å². The molecule has 0 aliphatic carbocycles. The molecule has 0 aliphatic rings. The number of nitrogens with two attached hydrogens (primary N) is 1. The molecule has 2 amide bonds. The van der Waals surface area contributed by atoms with Crippen LogP contribution in [0.15, 0.2) is 51.8 Å². The third-order valence-corrected chi connectivity index (χ3v) is 5.08. The number of halogens is 1. The van der Waals surface area contributed by atoms with Crippen LogP contribution in [0.2, 0.25) is 5.02 Å². The molecule has 0 bridgehead atoms. The van der Waals surface area contributed by atoms with Crippen LogP contribution >= 0.6 is 11.6 Å². The number of anilines is 1. The molecule has 0 saturated heterocycles. The Hall–Kier alpha value is -3.79. The van der Waals surface area contributed by atoms with Gasteiger partial charge in [0.15, 0.2) is 0 Å². The minimum Gasteiger partial charge on any atom is -0.501 e. The highest BCUT2D eigenvalue weighted by Crippen LogP contribution is 2.25. The maximum atomic E-state index is 12.5. The summed E-state index contributed by atoms with van der Waals surface area (Å²) in [5, 5.41) is 9.00. The molecule has 0 radical (unpaired) electrons. The second kappa shape index (κ2) is 15.5. The number of rotatable bonds is 6. The first-order valence-corrected chi connectivity index (χ1v) is 12.4. The summed E-state index contributed by atoms with van der Waals surface area (Å²) in [4.78, 5) is 29.0. The molecule has 0 atom stereocenters. The van der Waals surface area contributed by atoms with Gasteiger partial charge in [-0.15, -0.1) is 0 Å². The quantitative estimate of drug-likeness (QED) is 0.138. The summed E-state index contributed by atoms with van der Waals surface area (Å²) in [7, 11) is 1.66. The van der Waals surface area contributed by atoms with Gasteiger partial charge in [0.25, 0.3) is 5.91 Å². The van der Waals surface area contributed by atoms with Crippen molar-refractivity contribution in [3.05, 3.63) is 69.8 Å². The molecule has 0 spiro atoms. The van der Waals surface area contributed by atoms with Crippen molar-refractivity contribution in [3.8, 4) is 0 Å². The Morgan fingerprint density at radius 1 is 1.26 bits per heavy atom. The van der Waals surface area contributed by atoms with Crippen LogP contribution in [0, 0.1) is 6.92 Å². The number of ether oxygens (including phenoxy) is 2. The number of methoxy groups -OCH3 is 1. The fourth-order valence-corrected chi connectivity index (χ4v) is 3.05. The average Bonchev–Trinajstić information content (AvgIpc) is 3.28. The molecule has 0 unspecified atom stereocenters. The number of carbonyl (C=O) groups is 2. The van der Waals surface area contributed by atoms with Crippen LogP contribution in [-0.2, 0) is 22.4 Å². The lowest BCUT2D eigenvalue weighted by Gasteiger charge is -2.20. The molecule has 1 aromatic carbocycles. The second-order valence-corrected chi connectivity index (χ2v) is 9.46. The van der Waals surface area contributed by atoms with E-state index in [2.05, 4.69) is 20.8 Å². The van der Waals surface area contributed by atoms with Gasteiger partial charge >= 0.3 is 6.09 Å². The molecular weight excluding hydrogens is 510 g/mol. The van der Waals surface area contributed by atoms with Gasteiger partial charge in [0.1, 0.15) is 16.9 Å². The molecule has 1 heterocycles. The van der Waals surface area contributed by atoms with E-state index in [9.17, 15) is 9.59 Å². The highest BCUT2D eigenvalue weighted by Gasteiger charge is 2.20. The van der Waals surface area contributed by atoms with Crippen LogP contribution in [0.1, 0.15) is 68.8 Å². The van der Waals surface area contributed by atoms with E-state index in [1.807, 2.05) is 45.1 Å². The van der Waals surface area contributed by atoms with Crippen molar-refractivity contribution < 1.29 is 23.6 Å². The van der Waals surface area contributed by atoms with Crippen molar-refractivity contribution in [2.24, 2.45) is 4.99 Å². The molecule has 208 valence electrons. The van der Waals surface area contributed by atoms with Crippen LogP contribution in [-0.4, -0.2) is 35.8 Å². The van der Waals surface area contributed by atoms with Crippen LogP contribution in [0.4, 0.5) is 10.5 Å². The van der Waals surface area contributed by atoms with Crippen molar-refractivity contribution in [3.63, 3.8) is 0 Å². The summed E-state index contributed by atoms with van der Waals surface area (Å²) in [6.07, 6.45) is 7.05.